The number of hydrogen-bond donors (Lipinski definition) is 1. The zero-order valence-corrected chi connectivity index (χ0v) is 13.6. The zero-order valence-electron chi connectivity index (χ0n) is 13.6. The van der Waals surface area contributed by atoms with Gasteiger partial charge in [0.25, 0.3) is 5.69 Å². The van der Waals surface area contributed by atoms with E-state index in [2.05, 4.69) is 5.32 Å². The molecule has 0 heterocycles. The van der Waals surface area contributed by atoms with E-state index in [-0.39, 0.29) is 11.7 Å². The van der Waals surface area contributed by atoms with Crippen LogP contribution in [0.4, 0.5) is 16.2 Å². The molecule has 0 saturated carbocycles. The number of carbonyl (C=O) groups is 1. The summed E-state index contributed by atoms with van der Waals surface area (Å²) < 4.78 is 5.37. The maximum Gasteiger partial charge on any atom is 0.321 e. The van der Waals surface area contributed by atoms with Crippen molar-refractivity contribution in [1.29, 1.82) is 0 Å². The van der Waals surface area contributed by atoms with Crippen molar-refractivity contribution >= 4 is 17.4 Å². The zero-order chi connectivity index (χ0) is 17.5. The summed E-state index contributed by atoms with van der Waals surface area (Å²) in [5, 5.41) is 13.4. The van der Waals surface area contributed by atoms with Crippen molar-refractivity contribution in [3.05, 3.63) is 64.2 Å². The third-order valence-corrected chi connectivity index (χ3v) is 3.31. The maximum absolute atomic E-state index is 12.2. The molecule has 0 radical (unpaired) electrons. The second kappa shape index (κ2) is 7.96. The summed E-state index contributed by atoms with van der Waals surface area (Å²) >= 11 is 0. The smallest absolute Gasteiger partial charge is 0.321 e. The summed E-state index contributed by atoms with van der Waals surface area (Å²) in [7, 11) is 1.66. The van der Waals surface area contributed by atoms with E-state index in [4.69, 9.17) is 4.74 Å². The van der Waals surface area contributed by atoms with Crippen molar-refractivity contribution in [3.8, 4) is 5.75 Å². The summed E-state index contributed by atoms with van der Waals surface area (Å²) in [6, 6.07) is 13.0. The molecule has 0 unspecified atom stereocenters. The molecule has 1 N–H and O–H groups in total. The van der Waals surface area contributed by atoms with Gasteiger partial charge >= 0.3 is 6.03 Å². The molecule has 24 heavy (non-hydrogen) atoms. The quantitative estimate of drug-likeness (QED) is 0.647. The lowest BCUT2D eigenvalue weighted by molar-refractivity contribution is -0.384. The largest absolute Gasteiger partial charge is 0.494 e. The number of benzene rings is 2. The Hall–Kier alpha value is -3.09. The minimum Gasteiger partial charge on any atom is -0.494 e. The third kappa shape index (κ3) is 4.70. The molecule has 0 spiro atoms. The number of nitrogens with one attached hydrogen (secondary N) is 1. The number of urea groups is 1. The Kier molecular flexibility index (Phi) is 5.73. The first-order valence-electron chi connectivity index (χ1n) is 7.48. The number of nitro groups is 1. The van der Waals surface area contributed by atoms with Crippen molar-refractivity contribution in [2.45, 2.75) is 13.5 Å². The van der Waals surface area contributed by atoms with Gasteiger partial charge in [-0.3, -0.25) is 10.1 Å². The summed E-state index contributed by atoms with van der Waals surface area (Å²) in [5.41, 5.74) is 1.27. The van der Waals surface area contributed by atoms with E-state index in [1.807, 2.05) is 31.2 Å². The van der Waals surface area contributed by atoms with E-state index in [9.17, 15) is 14.9 Å². The van der Waals surface area contributed by atoms with Gasteiger partial charge in [0.2, 0.25) is 0 Å². The Morgan fingerprint density at radius 1 is 1.25 bits per heavy atom. The van der Waals surface area contributed by atoms with Gasteiger partial charge in [-0.2, -0.15) is 0 Å². The number of ether oxygens (including phenoxy) is 1. The molecule has 2 amide bonds. The predicted octanol–water partition coefficient (Wildman–Crippen LogP) is 3.66. The highest BCUT2D eigenvalue weighted by atomic mass is 16.6. The van der Waals surface area contributed by atoms with Crippen molar-refractivity contribution in [2.24, 2.45) is 0 Å². The van der Waals surface area contributed by atoms with Crippen LogP contribution in [0.3, 0.4) is 0 Å². The van der Waals surface area contributed by atoms with E-state index >= 15 is 0 Å². The van der Waals surface area contributed by atoms with Crippen molar-refractivity contribution < 1.29 is 14.5 Å². The molecular weight excluding hydrogens is 310 g/mol. The number of hydrogen-bond acceptors (Lipinski definition) is 4. The minimum absolute atomic E-state index is 0.0676. The second-order valence-electron chi connectivity index (χ2n) is 5.17. The van der Waals surface area contributed by atoms with Crippen molar-refractivity contribution in [3.63, 3.8) is 0 Å². The molecule has 0 aliphatic rings. The fourth-order valence-corrected chi connectivity index (χ4v) is 2.12. The Labute approximate surface area is 140 Å². The SMILES string of the molecule is CCOc1ccc(CN(C)C(=O)Nc2cccc([N+](=O)[O-])c2)cc1. The fourth-order valence-electron chi connectivity index (χ4n) is 2.12. The lowest BCUT2D eigenvalue weighted by Gasteiger charge is -2.18. The van der Waals surface area contributed by atoms with Crippen LogP contribution in [0.25, 0.3) is 0 Å². The van der Waals surface area contributed by atoms with Crippen LogP contribution in [0.5, 0.6) is 5.75 Å². The molecule has 0 saturated heterocycles. The molecule has 2 rings (SSSR count). The third-order valence-electron chi connectivity index (χ3n) is 3.31. The first kappa shape index (κ1) is 17.3. The van der Waals surface area contributed by atoms with Crippen molar-refractivity contribution in [2.75, 3.05) is 19.0 Å². The summed E-state index contributed by atoms with van der Waals surface area (Å²) in [5.74, 6) is 0.782. The summed E-state index contributed by atoms with van der Waals surface area (Å²) in [4.78, 5) is 23.9. The number of nitro benzene ring substituents is 1. The number of nitrogens with zero attached hydrogens (tertiary/aromatic N) is 2. The van der Waals surface area contributed by atoms with Crippen LogP contribution in [0.1, 0.15) is 12.5 Å². The number of carbonyl (C=O) groups excluding carboxylic acids is 1. The molecule has 0 bridgehead atoms. The lowest BCUT2D eigenvalue weighted by Crippen LogP contribution is -2.30. The van der Waals surface area contributed by atoms with Crippen LogP contribution in [0, 0.1) is 10.1 Å². The van der Waals surface area contributed by atoms with Crippen LogP contribution >= 0.6 is 0 Å². The van der Waals surface area contributed by atoms with Crippen LogP contribution in [0.2, 0.25) is 0 Å². The van der Waals surface area contributed by atoms with E-state index in [0.29, 0.717) is 18.8 Å². The van der Waals surface area contributed by atoms with Gasteiger partial charge in [-0.25, -0.2) is 4.79 Å². The number of rotatable bonds is 6. The number of anilines is 1. The van der Waals surface area contributed by atoms with Crippen LogP contribution < -0.4 is 10.1 Å². The van der Waals surface area contributed by atoms with Gasteiger partial charge in [-0.15, -0.1) is 0 Å². The van der Waals surface area contributed by atoms with E-state index < -0.39 is 4.92 Å². The molecule has 126 valence electrons. The molecule has 7 nitrogen and oxygen atoms in total. The second-order valence-corrected chi connectivity index (χ2v) is 5.17. The molecule has 2 aromatic rings. The Bertz CT molecular complexity index is 716. The maximum atomic E-state index is 12.2. The Morgan fingerprint density at radius 3 is 2.58 bits per heavy atom. The molecule has 2 aromatic carbocycles. The molecular formula is C17H19N3O4. The highest BCUT2D eigenvalue weighted by Gasteiger charge is 2.12. The van der Waals surface area contributed by atoms with E-state index in [0.717, 1.165) is 11.3 Å². The topological polar surface area (TPSA) is 84.7 Å². The predicted molar refractivity (Wildman–Crippen MR) is 91.2 cm³/mol. The number of amides is 2. The minimum atomic E-state index is -0.501. The van der Waals surface area contributed by atoms with Crippen LogP contribution in [-0.4, -0.2) is 29.5 Å². The summed E-state index contributed by atoms with van der Waals surface area (Å²) in [6.07, 6.45) is 0. The Balaban J connectivity index is 1.96. The van der Waals surface area contributed by atoms with Gasteiger partial charge in [-0.1, -0.05) is 18.2 Å². The summed E-state index contributed by atoms with van der Waals surface area (Å²) in [6.45, 7) is 2.93. The average molecular weight is 329 g/mol. The normalized spacial score (nSPS) is 10.1. The molecule has 0 aliphatic carbocycles. The molecule has 0 aliphatic heterocycles. The van der Waals surface area contributed by atoms with Gasteiger partial charge in [0.1, 0.15) is 5.75 Å². The van der Waals surface area contributed by atoms with Gasteiger partial charge in [0.15, 0.2) is 0 Å². The first-order valence-corrected chi connectivity index (χ1v) is 7.48. The molecule has 0 aromatic heterocycles. The lowest BCUT2D eigenvalue weighted by atomic mass is 10.2. The monoisotopic (exact) mass is 329 g/mol. The first-order chi connectivity index (χ1) is 11.5. The van der Waals surface area contributed by atoms with Gasteiger partial charge in [-0.05, 0) is 30.7 Å². The van der Waals surface area contributed by atoms with Gasteiger partial charge < -0.3 is 15.0 Å². The fraction of sp³-hybridized carbons (Fsp3) is 0.235. The highest BCUT2D eigenvalue weighted by molar-refractivity contribution is 5.89. The van der Waals surface area contributed by atoms with E-state index in [1.54, 1.807) is 13.1 Å². The average Bonchev–Trinajstić information content (AvgIpc) is 2.57. The van der Waals surface area contributed by atoms with Gasteiger partial charge in [0, 0.05) is 31.4 Å². The molecule has 0 atom stereocenters. The van der Waals surface area contributed by atoms with Crippen LogP contribution in [0.15, 0.2) is 48.5 Å². The van der Waals surface area contributed by atoms with Gasteiger partial charge in [0.05, 0.1) is 11.5 Å². The molecule has 0 fully saturated rings. The Morgan fingerprint density at radius 2 is 1.96 bits per heavy atom. The highest BCUT2D eigenvalue weighted by Crippen LogP contribution is 2.18. The van der Waals surface area contributed by atoms with Crippen LogP contribution in [-0.2, 0) is 6.54 Å². The standard InChI is InChI=1S/C17H19N3O4/c1-3-24-16-9-7-13(8-10-16)12-19(2)17(21)18-14-5-4-6-15(11-14)20(22)23/h4-11H,3,12H2,1-2H3,(H,18,21). The number of non-ortho nitro benzene ring substituents is 1. The molecule has 7 heteroatoms. The van der Waals surface area contributed by atoms with E-state index in [1.165, 1.54) is 23.1 Å². The van der Waals surface area contributed by atoms with Crippen molar-refractivity contribution in [1.82, 2.24) is 4.90 Å².